The van der Waals surface area contributed by atoms with Crippen LogP contribution in [-0.2, 0) is 10.2 Å². The Labute approximate surface area is 208 Å². The Morgan fingerprint density at radius 1 is 0.943 bits per heavy atom. The maximum Gasteiger partial charge on any atom is 0.322 e. The number of aryl methyl sites for hydroxylation is 3. The SMILES string of the molecule is CCCN(CC(=O)Nc1cc(C(C)(C)C)nn1-c1ccccc1C)C(=O)Nc1c(C)cccc1C. The molecule has 0 spiro atoms. The highest BCUT2D eigenvalue weighted by atomic mass is 16.2. The van der Waals surface area contributed by atoms with Gasteiger partial charge in [-0.25, -0.2) is 9.48 Å². The molecule has 35 heavy (non-hydrogen) atoms. The number of urea groups is 1. The minimum atomic E-state index is -0.290. The summed E-state index contributed by atoms with van der Waals surface area (Å²) < 4.78 is 1.77. The smallest absolute Gasteiger partial charge is 0.315 e. The van der Waals surface area contributed by atoms with E-state index in [1.165, 1.54) is 0 Å². The van der Waals surface area contributed by atoms with Gasteiger partial charge in [0.1, 0.15) is 12.4 Å². The second kappa shape index (κ2) is 10.8. The van der Waals surface area contributed by atoms with Gasteiger partial charge in [-0.3, -0.25) is 4.79 Å². The number of nitrogens with zero attached hydrogens (tertiary/aromatic N) is 3. The van der Waals surface area contributed by atoms with E-state index in [1.54, 1.807) is 9.58 Å². The number of hydrogen-bond donors (Lipinski definition) is 2. The molecule has 0 unspecified atom stereocenters. The fraction of sp³-hybridized carbons (Fsp3) is 0.393. The summed E-state index contributed by atoms with van der Waals surface area (Å²) >= 11 is 0. The molecule has 0 aliphatic heterocycles. The van der Waals surface area contributed by atoms with Crippen molar-refractivity contribution >= 4 is 23.4 Å². The lowest BCUT2D eigenvalue weighted by Crippen LogP contribution is -2.41. The predicted octanol–water partition coefficient (Wildman–Crippen LogP) is 5.98. The van der Waals surface area contributed by atoms with Gasteiger partial charge in [-0.05, 0) is 49.9 Å². The third-order valence-corrected chi connectivity index (χ3v) is 5.92. The monoisotopic (exact) mass is 475 g/mol. The summed E-state index contributed by atoms with van der Waals surface area (Å²) in [6, 6.07) is 15.4. The molecule has 7 nitrogen and oxygen atoms in total. The van der Waals surface area contributed by atoms with Gasteiger partial charge in [0.05, 0.1) is 11.4 Å². The summed E-state index contributed by atoms with van der Waals surface area (Å²) in [4.78, 5) is 27.8. The van der Waals surface area contributed by atoms with Crippen molar-refractivity contribution in [1.29, 1.82) is 0 Å². The van der Waals surface area contributed by atoms with Gasteiger partial charge in [-0.2, -0.15) is 5.10 Å². The second-order valence-corrected chi connectivity index (χ2v) is 10.0. The van der Waals surface area contributed by atoms with E-state index in [0.717, 1.165) is 40.2 Å². The van der Waals surface area contributed by atoms with Crippen LogP contribution in [0.25, 0.3) is 5.69 Å². The Balaban J connectivity index is 1.83. The lowest BCUT2D eigenvalue weighted by atomic mass is 9.92. The van der Waals surface area contributed by atoms with Crippen molar-refractivity contribution in [2.45, 2.75) is 60.3 Å². The van der Waals surface area contributed by atoms with Crippen LogP contribution in [-0.4, -0.2) is 39.7 Å². The van der Waals surface area contributed by atoms with Gasteiger partial charge in [0, 0.05) is 23.7 Å². The second-order valence-electron chi connectivity index (χ2n) is 10.0. The molecule has 3 amide bonds. The molecule has 1 aromatic heterocycles. The zero-order valence-electron chi connectivity index (χ0n) is 21.9. The van der Waals surface area contributed by atoms with Gasteiger partial charge >= 0.3 is 6.03 Å². The molecular weight excluding hydrogens is 438 g/mol. The number of aromatic nitrogens is 2. The molecule has 7 heteroatoms. The van der Waals surface area contributed by atoms with Crippen LogP contribution in [0.1, 0.15) is 56.5 Å². The van der Waals surface area contributed by atoms with E-state index >= 15 is 0 Å². The lowest BCUT2D eigenvalue weighted by Gasteiger charge is -2.23. The van der Waals surface area contributed by atoms with E-state index in [4.69, 9.17) is 5.10 Å². The molecule has 2 N–H and O–H groups in total. The van der Waals surface area contributed by atoms with E-state index in [-0.39, 0.29) is 23.9 Å². The first-order valence-corrected chi connectivity index (χ1v) is 12.1. The number of para-hydroxylation sites is 2. The Morgan fingerprint density at radius 2 is 1.57 bits per heavy atom. The summed E-state index contributed by atoms with van der Waals surface area (Å²) in [5.41, 5.74) is 5.38. The maximum absolute atomic E-state index is 13.1. The highest BCUT2D eigenvalue weighted by Gasteiger charge is 2.23. The van der Waals surface area contributed by atoms with Crippen LogP contribution < -0.4 is 10.6 Å². The molecule has 1 heterocycles. The average Bonchev–Trinajstić information content (AvgIpc) is 3.20. The van der Waals surface area contributed by atoms with Crippen molar-refractivity contribution in [2.24, 2.45) is 0 Å². The van der Waals surface area contributed by atoms with E-state index < -0.39 is 0 Å². The number of carbonyl (C=O) groups is 2. The van der Waals surface area contributed by atoms with Gasteiger partial charge in [-0.15, -0.1) is 0 Å². The molecule has 0 bridgehead atoms. The largest absolute Gasteiger partial charge is 0.322 e. The molecule has 0 saturated heterocycles. The summed E-state index contributed by atoms with van der Waals surface area (Å²) in [6.45, 7) is 14.6. The molecule has 3 aromatic rings. The standard InChI is InChI=1S/C28H37N5O2/c1-8-16-32(27(35)30-26-20(3)13-11-14-21(26)4)18-25(34)29-24-17-23(28(5,6)7)31-33(24)22-15-10-9-12-19(22)2/h9-15,17H,8,16,18H2,1-7H3,(H,29,34)(H,30,35). The van der Waals surface area contributed by atoms with Crippen LogP contribution in [0.3, 0.4) is 0 Å². The first kappa shape index (κ1) is 26.0. The van der Waals surface area contributed by atoms with Crippen molar-refractivity contribution in [1.82, 2.24) is 14.7 Å². The number of nitrogens with one attached hydrogen (secondary N) is 2. The highest BCUT2D eigenvalue weighted by molar-refractivity contribution is 5.97. The number of carbonyl (C=O) groups excluding carboxylic acids is 2. The van der Waals surface area contributed by atoms with Crippen molar-refractivity contribution in [3.63, 3.8) is 0 Å². The van der Waals surface area contributed by atoms with Crippen molar-refractivity contribution in [3.05, 3.63) is 70.9 Å². The third kappa shape index (κ3) is 6.29. The maximum atomic E-state index is 13.1. The fourth-order valence-electron chi connectivity index (χ4n) is 3.90. The number of rotatable bonds is 7. The predicted molar refractivity (Wildman–Crippen MR) is 142 cm³/mol. The van der Waals surface area contributed by atoms with E-state index in [0.29, 0.717) is 12.4 Å². The van der Waals surface area contributed by atoms with Gasteiger partial charge in [-0.1, -0.05) is 64.1 Å². The van der Waals surface area contributed by atoms with Gasteiger partial charge in [0.25, 0.3) is 0 Å². The van der Waals surface area contributed by atoms with Crippen molar-refractivity contribution in [2.75, 3.05) is 23.7 Å². The molecule has 0 radical (unpaired) electrons. The highest BCUT2D eigenvalue weighted by Crippen LogP contribution is 2.27. The van der Waals surface area contributed by atoms with Crippen molar-refractivity contribution < 1.29 is 9.59 Å². The van der Waals surface area contributed by atoms with Gasteiger partial charge in [0.15, 0.2) is 0 Å². The van der Waals surface area contributed by atoms with Crippen LogP contribution in [0.2, 0.25) is 0 Å². The molecule has 0 saturated carbocycles. The Hall–Kier alpha value is -3.61. The quantitative estimate of drug-likeness (QED) is 0.441. The van der Waals surface area contributed by atoms with Crippen LogP contribution in [0, 0.1) is 20.8 Å². The van der Waals surface area contributed by atoms with Crippen LogP contribution in [0.15, 0.2) is 48.5 Å². The summed E-state index contributed by atoms with van der Waals surface area (Å²) in [7, 11) is 0. The number of benzene rings is 2. The molecule has 186 valence electrons. The average molecular weight is 476 g/mol. The lowest BCUT2D eigenvalue weighted by molar-refractivity contribution is -0.116. The zero-order valence-corrected chi connectivity index (χ0v) is 21.9. The molecule has 0 aliphatic carbocycles. The molecule has 2 aromatic carbocycles. The number of hydrogen-bond acceptors (Lipinski definition) is 3. The molecule has 0 fully saturated rings. The van der Waals surface area contributed by atoms with E-state index in [9.17, 15) is 9.59 Å². The fourth-order valence-corrected chi connectivity index (χ4v) is 3.90. The van der Waals surface area contributed by atoms with Gasteiger partial charge < -0.3 is 15.5 Å². The topological polar surface area (TPSA) is 79.3 Å². The first-order chi connectivity index (χ1) is 16.5. The summed E-state index contributed by atoms with van der Waals surface area (Å²) in [6.07, 6.45) is 0.739. The van der Waals surface area contributed by atoms with Crippen LogP contribution in [0.5, 0.6) is 0 Å². The Morgan fingerprint density at radius 3 is 2.17 bits per heavy atom. The first-order valence-electron chi connectivity index (χ1n) is 12.1. The molecule has 0 atom stereocenters. The number of amides is 3. The van der Waals surface area contributed by atoms with E-state index in [2.05, 4.69) is 31.4 Å². The minimum absolute atomic E-state index is 0.0611. The normalized spacial score (nSPS) is 11.3. The minimum Gasteiger partial charge on any atom is -0.315 e. The van der Waals surface area contributed by atoms with Crippen LogP contribution >= 0.6 is 0 Å². The Bertz CT molecular complexity index is 1190. The van der Waals surface area contributed by atoms with Crippen molar-refractivity contribution in [3.8, 4) is 5.69 Å². The van der Waals surface area contributed by atoms with Crippen LogP contribution in [0.4, 0.5) is 16.3 Å². The Kier molecular flexibility index (Phi) is 7.99. The summed E-state index contributed by atoms with van der Waals surface area (Å²) in [5, 5.41) is 10.8. The third-order valence-electron chi connectivity index (χ3n) is 5.92. The number of anilines is 2. The molecule has 0 aliphatic rings. The zero-order chi connectivity index (χ0) is 25.8. The molecule has 3 rings (SSSR count). The van der Waals surface area contributed by atoms with Gasteiger partial charge in [0.2, 0.25) is 5.91 Å². The molecular formula is C28H37N5O2. The summed E-state index contributed by atoms with van der Waals surface area (Å²) in [5.74, 6) is 0.311. The van der Waals surface area contributed by atoms with E-state index in [1.807, 2.05) is 76.2 Å².